The summed E-state index contributed by atoms with van der Waals surface area (Å²) in [6.45, 7) is 16.3. The molecule has 0 amide bonds. The lowest BCUT2D eigenvalue weighted by Crippen LogP contribution is -2.73. The molecule has 186 valence electrons. The molecule has 0 saturated heterocycles. The molecule has 1 saturated carbocycles. The van der Waals surface area contributed by atoms with Crippen LogP contribution >= 0.6 is 0 Å². The molecule has 6 heteroatoms. The Morgan fingerprint density at radius 3 is 2.23 bits per heavy atom. The molecule has 4 rings (SSSR count). The summed E-state index contributed by atoms with van der Waals surface area (Å²) in [5.41, 5.74) is -1.23. The van der Waals surface area contributed by atoms with Crippen molar-refractivity contribution < 1.29 is 29.4 Å². The molecule has 0 radical (unpaired) electrons. The number of hydrogen-bond donors (Lipinski definition) is 2. The molecule has 0 aromatic heterocycles. The maximum atomic E-state index is 14.2. The summed E-state index contributed by atoms with van der Waals surface area (Å²) < 4.78 is 0. The summed E-state index contributed by atoms with van der Waals surface area (Å²) in [5, 5.41) is 22.7. The van der Waals surface area contributed by atoms with Gasteiger partial charge in [-0.2, -0.15) is 0 Å². The third-order valence-corrected chi connectivity index (χ3v) is 8.77. The van der Waals surface area contributed by atoms with E-state index in [1.807, 2.05) is 27.7 Å². The Balaban J connectivity index is 2.04. The van der Waals surface area contributed by atoms with E-state index in [2.05, 4.69) is 6.58 Å². The predicted octanol–water partition coefficient (Wildman–Crippen LogP) is 4.26. The van der Waals surface area contributed by atoms with E-state index in [0.717, 1.165) is 16.7 Å². The number of aromatic hydroxyl groups is 1. The Labute approximate surface area is 206 Å². The minimum absolute atomic E-state index is 0.0516. The molecule has 3 aliphatic rings. The smallest absolute Gasteiger partial charge is 0.192 e. The number of phenols is 1. The van der Waals surface area contributed by atoms with E-state index in [1.54, 1.807) is 19.9 Å². The summed E-state index contributed by atoms with van der Waals surface area (Å²) >= 11 is 0. The standard InChI is InChI=1S/C29H34O6/c1-13(2)17-9-10-19(31)21-18(17)11-27(7)12-28(8)22(14(3)4)15(5)20(16(6)30)25(33)29(28,35)26(34)23(27)24(21)32/h9-10,14,20,23,31,35H,1,11-12H2,2-8H3/t20?,23?,27-,28-,29+/m0/s1. The Kier molecular flexibility index (Phi) is 5.46. The highest BCUT2D eigenvalue weighted by Crippen LogP contribution is 2.64. The van der Waals surface area contributed by atoms with Crippen LogP contribution in [-0.4, -0.2) is 38.9 Å². The molecule has 2 unspecified atom stereocenters. The summed E-state index contributed by atoms with van der Waals surface area (Å²) in [5.74, 6) is -5.68. The summed E-state index contributed by atoms with van der Waals surface area (Å²) in [6.07, 6.45) is 0.506. The van der Waals surface area contributed by atoms with Crippen molar-refractivity contribution in [1.29, 1.82) is 0 Å². The highest BCUT2D eigenvalue weighted by atomic mass is 16.3. The van der Waals surface area contributed by atoms with Gasteiger partial charge in [0.15, 0.2) is 23.0 Å². The van der Waals surface area contributed by atoms with Crippen LogP contribution < -0.4 is 0 Å². The van der Waals surface area contributed by atoms with Crippen molar-refractivity contribution >= 4 is 28.7 Å². The van der Waals surface area contributed by atoms with E-state index in [-0.39, 0.29) is 23.7 Å². The Hall–Kier alpha value is -2.86. The number of ketones is 4. The van der Waals surface area contributed by atoms with Gasteiger partial charge in [-0.05, 0) is 62.1 Å². The maximum absolute atomic E-state index is 14.2. The number of fused-ring (bicyclic) bond motifs is 3. The fraction of sp³-hybridized carbons (Fsp3) is 0.517. The van der Waals surface area contributed by atoms with E-state index >= 15 is 0 Å². The van der Waals surface area contributed by atoms with Crippen molar-refractivity contribution in [3.8, 4) is 5.75 Å². The molecule has 5 atom stereocenters. The average Bonchev–Trinajstić information content (AvgIpc) is 2.69. The van der Waals surface area contributed by atoms with E-state index in [1.165, 1.54) is 13.0 Å². The van der Waals surface area contributed by atoms with Crippen LogP contribution in [-0.2, 0) is 20.8 Å². The van der Waals surface area contributed by atoms with E-state index < -0.39 is 51.4 Å². The molecule has 1 fully saturated rings. The Morgan fingerprint density at radius 2 is 1.71 bits per heavy atom. The minimum Gasteiger partial charge on any atom is -0.507 e. The molecular weight excluding hydrogens is 444 g/mol. The number of Topliss-reactive ketones (excluding diaryl/α,β-unsaturated/α-hetero) is 4. The fourth-order valence-electron chi connectivity index (χ4n) is 7.74. The second-order valence-corrected chi connectivity index (χ2v) is 11.6. The largest absolute Gasteiger partial charge is 0.507 e. The molecule has 0 bridgehead atoms. The van der Waals surface area contributed by atoms with Crippen molar-refractivity contribution in [2.24, 2.45) is 28.6 Å². The summed E-state index contributed by atoms with van der Waals surface area (Å²) in [6, 6.07) is 3.14. The predicted molar refractivity (Wildman–Crippen MR) is 132 cm³/mol. The second kappa shape index (κ2) is 7.57. The molecule has 0 aliphatic heterocycles. The number of allylic oxidation sites excluding steroid dienone is 2. The van der Waals surface area contributed by atoms with Crippen LogP contribution in [0.15, 0.2) is 29.9 Å². The lowest BCUT2D eigenvalue weighted by Gasteiger charge is -2.60. The van der Waals surface area contributed by atoms with Gasteiger partial charge in [-0.15, -0.1) is 0 Å². The van der Waals surface area contributed by atoms with Crippen molar-refractivity contribution in [3.63, 3.8) is 0 Å². The van der Waals surface area contributed by atoms with Crippen LogP contribution in [0.5, 0.6) is 5.75 Å². The molecular formula is C29H34O6. The van der Waals surface area contributed by atoms with Crippen molar-refractivity contribution in [1.82, 2.24) is 0 Å². The fourth-order valence-corrected chi connectivity index (χ4v) is 7.74. The van der Waals surface area contributed by atoms with Crippen molar-refractivity contribution in [2.45, 2.75) is 66.9 Å². The number of hydrogen-bond acceptors (Lipinski definition) is 6. The zero-order valence-electron chi connectivity index (χ0n) is 21.5. The minimum atomic E-state index is -2.51. The maximum Gasteiger partial charge on any atom is 0.192 e. The summed E-state index contributed by atoms with van der Waals surface area (Å²) in [7, 11) is 0. The van der Waals surface area contributed by atoms with Gasteiger partial charge in [0.2, 0.25) is 0 Å². The van der Waals surface area contributed by atoms with E-state index in [4.69, 9.17) is 0 Å². The number of carbonyl (C=O) groups is 4. The van der Waals surface area contributed by atoms with E-state index in [9.17, 15) is 29.4 Å². The molecule has 6 nitrogen and oxygen atoms in total. The Bertz CT molecular complexity index is 1270. The van der Waals surface area contributed by atoms with Crippen LogP contribution in [0.4, 0.5) is 0 Å². The first-order chi connectivity index (χ1) is 16.0. The molecule has 1 aromatic carbocycles. The second-order valence-electron chi connectivity index (χ2n) is 11.6. The van der Waals surface area contributed by atoms with Crippen molar-refractivity contribution in [3.05, 3.63) is 46.5 Å². The monoisotopic (exact) mass is 478 g/mol. The van der Waals surface area contributed by atoms with Gasteiger partial charge in [0, 0.05) is 5.41 Å². The van der Waals surface area contributed by atoms with E-state index in [0.29, 0.717) is 17.6 Å². The number of rotatable bonds is 3. The molecule has 3 aliphatic carbocycles. The third kappa shape index (κ3) is 2.98. The van der Waals surface area contributed by atoms with Gasteiger partial charge in [0.1, 0.15) is 17.5 Å². The van der Waals surface area contributed by atoms with Gasteiger partial charge in [-0.25, -0.2) is 0 Å². The Morgan fingerprint density at radius 1 is 1.11 bits per heavy atom. The quantitative estimate of drug-likeness (QED) is 0.496. The number of benzene rings is 1. The van der Waals surface area contributed by atoms with Crippen LogP contribution in [0.25, 0.3) is 5.57 Å². The zero-order valence-corrected chi connectivity index (χ0v) is 21.5. The third-order valence-electron chi connectivity index (χ3n) is 8.77. The van der Waals surface area contributed by atoms with Gasteiger partial charge < -0.3 is 10.2 Å². The number of carbonyl (C=O) groups excluding carboxylic acids is 4. The van der Waals surface area contributed by atoms with Crippen LogP contribution in [0.1, 0.15) is 76.4 Å². The average molecular weight is 479 g/mol. The lowest BCUT2D eigenvalue weighted by molar-refractivity contribution is -0.183. The summed E-state index contributed by atoms with van der Waals surface area (Å²) in [4.78, 5) is 54.4. The van der Waals surface area contributed by atoms with Gasteiger partial charge in [-0.1, -0.05) is 57.1 Å². The first-order valence-electron chi connectivity index (χ1n) is 12.1. The zero-order chi connectivity index (χ0) is 26.4. The van der Waals surface area contributed by atoms with Gasteiger partial charge in [-0.3, -0.25) is 19.2 Å². The molecule has 35 heavy (non-hydrogen) atoms. The molecule has 2 N–H and O–H groups in total. The number of phenolic OH excluding ortho intramolecular Hbond substituents is 1. The van der Waals surface area contributed by atoms with Crippen LogP contribution in [0.3, 0.4) is 0 Å². The molecule has 1 aromatic rings. The highest BCUT2D eigenvalue weighted by molar-refractivity contribution is 6.27. The molecule has 0 heterocycles. The van der Waals surface area contributed by atoms with Gasteiger partial charge in [0.25, 0.3) is 0 Å². The van der Waals surface area contributed by atoms with Crippen LogP contribution in [0.2, 0.25) is 0 Å². The first-order valence-corrected chi connectivity index (χ1v) is 12.1. The van der Waals surface area contributed by atoms with Crippen molar-refractivity contribution in [2.75, 3.05) is 0 Å². The van der Waals surface area contributed by atoms with Gasteiger partial charge in [0.05, 0.1) is 11.5 Å². The van der Waals surface area contributed by atoms with Crippen LogP contribution in [0, 0.1) is 28.6 Å². The highest BCUT2D eigenvalue weighted by Gasteiger charge is 2.73. The van der Waals surface area contributed by atoms with Gasteiger partial charge >= 0.3 is 0 Å². The lowest BCUT2D eigenvalue weighted by atomic mass is 9.41. The normalized spacial score (nSPS) is 34.5. The molecule has 0 spiro atoms. The SMILES string of the molecule is C=C(C)c1ccc(O)c2c1C[C@@]1(C)C[C@@]3(C)C(C(C)C)=C(C)C(C(C)=O)C(=O)[C@@]3(O)C(=O)C1C2=O. The number of aliphatic hydroxyl groups is 1. The topological polar surface area (TPSA) is 109 Å². The first kappa shape index (κ1) is 25.2.